The summed E-state index contributed by atoms with van der Waals surface area (Å²) in [5, 5.41) is 3.49. The molecule has 2 N–H and O–H groups in total. The Labute approximate surface area is 145 Å². The second-order valence-corrected chi connectivity index (χ2v) is 6.96. The number of carbonyl (C=O) groups is 1. The van der Waals surface area contributed by atoms with Crippen molar-refractivity contribution in [1.29, 1.82) is 0 Å². The molecule has 1 unspecified atom stereocenters. The van der Waals surface area contributed by atoms with Gasteiger partial charge in [0.1, 0.15) is 0 Å². The van der Waals surface area contributed by atoms with Crippen molar-refractivity contribution in [2.24, 2.45) is 0 Å². The van der Waals surface area contributed by atoms with Crippen molar-refractivity contribution in [1.82, 2.24) is 15.3 Å². The first-order valence-electron chi connectivity index (χ1n) is 8.22. The van der Waals surface area contributed by atoms with E-state index < -0.39 is 0 Å². The van der Waals surface area contributed by atoms with Crippen LogP contribution in [-0.4, -0.2) is 21.6 Å². The van der Waals surface area contributed by atoms with Crippen LogP contribution in [0.3, 0.4) is 0 Å². The Bertz CT molecular complexity index is 774. The molecular formula is C18H21N3O2S. The predicted molar refractivity (Wildman–Crippen MR) is 95.2 cm³/mol. The SMILES string of the molecule is CC(NC(=O)CSc1nc2c(c(=O)[nH]1)CCCC2)c1ccccc1. The number of H-pyrrole nitrogens is 1. The molecule has 1 aliphatic carbocycles. The maximum atomic E-state index is 12.1. The van der Waals surface area contributed by atoms with E-state index >= 15 is 0 Å². The van der Waals surface area contributed by atoms with Gasteiger partial charge in [0.05, 0.1) is 17.5 Å². The fourth-order valence-electron chi connectivity index (χ4n) is 2.89. The van der Waals surface area contributed by atoms with Crippen LogP contribution in [0.25, 0.3) is 0 Å². The minimum atomic E-state index is -0.0725. The lowest BCUT2D eigenvalue weighted by Crippen LogP contribution is -2.28. The van der Waals surface area contributed by atoms with Gasteiger partial charge in [-0.1, -0.05) is 42.1 Å². The summed E-state index contributed by atoms with van der Waals surface area (Å²) in [4.78, 5) is 31.5. The van der Waals surface area contributed by atoms with Crippen molar-refractivity contribution in [3.8, 4) is 0 Å². The van der Waals surface area contributed by atoms with Gasteiger partial charge in [-0.25, -0.2) is 4.98 Å². The molecule has 0 aliphatic heterocycles. The number of hydrogen-bond acceptors (Lipinski definition) is 4. The molecule has 24 heavy (non-hydrogen) atoms. The van der Waals surface area contributed by atoms with Gasteiger partial charge in [-0.2, -0.15) is 0 Å². The van der Waals surface area contributed by atoms with Gasteiger partial charge in [0.2, 0.25) is 5.91 Å². The van der Waals surface area contributed by atoms with Gasteiger partial charge in [0.15, 0.2) is 5.16 Å². The van der Waals surface area contributed by atoms with Crippen molar-refractivity contribution >= 4 is 17.7 Å². The van der Waals surface area contributed by atoms with Crippen LogP contribution < -0.4 is 10.9 Å². The molecule has 1 aliphatic rings. The zero-order chi connectivity index (χ0) is 16.9. The van der Waals surface area contributed by atoms with E-state index in [2.05, 4.69) is 15.3 Å². The third kappa shape index (κ3) is 4.06. The van der Waals surface area contributed by atoms with E-state index in [-0.39, 0.29) is 23.3 Å². The molecule has 0 radical (unpaired) electrons. The minimum absolute atomic E-state index is 0.0464. The van der Waals surface area contributed by atoms with E-state index in [0.29, 0.717) is 5.16 Å². The van der Waals surface area contributed by atoms with Gasteiger partial charge >= 0.3 is 0 Å². The van der Waals surface area contributed by atoms with Crippen LogP contribution in [-0.2, 0) is 17.6 Å². The number of fused-ring (bicyclic) bond motifs is 1. The summed E-state index contributed by atoms with van der Waals surface area (Å²) in [7, 11) is 0. The van der Waals surface area contributed by atoms with Gasteiger partial charge in [-0.15, -0.1) is 0 Å². The van der Waals surface area contributed by atoms with E-state index in [4.69, 9.17) is 0 Å². The second kappa shape index (κ2) is 7.66. The zero-order valence-corrected chi connectivity index (χ0v) is 14.5. The highest BCUT2D eigenvalue weighted by atomic mass is 32.2. The fourth-order valence-corrected chi connectivity index (χ4v) is 3.58. The molecule has 1 heterocycles. The van der Waals surface area contributed by atoms with Crippen molar-refractivity contribution in [2.45, 2.75) is 43.8 Å². The summed E-state index contributed by atoms with van der Waals surface area (Å²) in [5.41, 5.74) is 2.72. The predicted octanol–water partition coefficient (Wildman–Crippen LogP) is 2.62. The lowest BCUT2D eigenvalue weighted by atomic mass is 9.97. The molecule has 0 fully saturated rings. The normalized spacial score (nSPS) is 14.7. The lowest BCUT2D eigenvalue weighted by molar-refractivity contribution is -0.119. The molecule has 1 amide bonds. The summed E-state index contributed by atoms with van der Waals surface area (Å²) in [5.74, 6) is 0.163. The molecule has 5 nitrogen and oxygen atoms in total. The minimum Gasteiger partial charge on any atom is -0.349 e. The number of hydrogen-bond donors (Lipinski definition) is 2. The van der Waals surface area contributed by atoms with Crippen LogP contribution in [0, 0.1) is 0 Å². The third-order valence-electron chi connectivity index (χ3n) is 4.19. The first-order valence-corrected chi connectivity index (χ1v) is 9.21. The summed E-state index contributed by atoms with van der Waals surface area (Å²) in [6.07, 6.45) is 3.77. The molecule has 1 aromatic heterocycles. The van der Waals surface area contributed by atoms with Crippen LogP contribution in [0.2, 0.25) is 0 Å². The summed E-state index contributed by atoms with van der Waals surface area (Å²) >= 11 is 1.27. The Hall–Kier alpha value is -2.08. The quantitative estimate of drug-likeness (QED) is 0.646. The van der Waals surface area contributed by atoms with Gasteiger partial charge in [-0.05, 0) is 38.2 Å². The third-order valence-corrected chi connectivity index (χ3v) is 5.06. The lowest BCUT2D eigenvalue weighted by Gasteiger charge is -2.15. The number of aromatic amines is 1. The van der Waals surface area contributed by atoms with E-state index in [1.54, 1.807) is 0 Å². The number of rotatable bonds is 5. The molecule has 126 valence electrons. The summed E-state index contributed by atoms with van der Waals surface area (Å²) in [6, 6.07) is 9.78. The number of benzene rings is 1. The van der Waals surface area contributed by atoms with Gasteiger partial charge < -0.3 is 10.3 Å². The smallest absolute Gasteiger partial charge is 0.254 e. The second-order valence-electron chi connectivity index (χ2n) is 5.99. The van der Waals surface area contributed by atoms with E-state index in [9.17, 15) is 9.59 Å². The average Bonchev–Trinajstić information content (AvgIpc) is 2.61. The number of nitrogens with one attached hydrogen (secondary N) is 2. The van der Waals surface area contributed by atoms with Crippen molar-refractivity contribution in [2.75, 3.05) is 5.75 Å². The first-order chi connectivity index (χ1) is 11.6. The van der Waals surface area contributed by atoms with Crippen LogP contribution in [0.15, 0.2) is 40.3 Å². The molecule has 0 bridgehead atoms. The Kier molecular flexibility index (Phi) is 5.35. The molecular weight excluding hydrogens is 322 g/mol. The Morgan fingerprint density at radius 2 is 2.04 bits per heavy atom. The maximum Gasteiger partial charge on any atom is 0.254 e. The molecule has 0 saturated heterocycles. The Balaban J connectivity index is 1.58. The van der Waals surface area contributed by atoms with Crippen molar-refractivity contribution in [3.05, 3.63) is 57.5 Å². The number of aryl methyl sites for hydroxylation is 1. The highest BCUT2D eigenvalue weighted by Gasteiger charge is 2.16. The van der Waals surface area contributed by atoms with Crippen molar-refractivity contribution in [3.63, 3.8) is 0 Å². The zero-order valence-electron chi connectivity index (χ0n) is 13.7. The number of carbonyl (C=O) groups excluding carboxylic acids is 1. The Morgan fingerprint density at radius 1 is 1.29 bits per heavy atom. The summed E-state index contributed by atoms with van der Waals surface area (Å²) < 4.78 is 0. The maximum absolute atomic E-state index is 12.1. The number of thioether (sulfide) groups is 1. The molecule has 1 aromatic carbocycles. The molecule has 2 aromatic rings. The fraction of sp³-hybridized carbons (Fsp3) is 0.389. The summed E-state index contributed by atoms with van der Waals surface area (Å²) in [6.45, 7) is 1.96. The number of nitrogens with zero attached hydrogens (tertiary/aromatic N) is 1. The van der Waals surface area contributed by atoms with Crippen LogP contribution in [0.5, 0.6) is 0 Å². The van der Waals surface area contributed by atoms with Gasteiger partial charge in [0, 0.05) is 5.56 Å². The first kappa shape index (κ1) is 16.8. The standard InChI is InChI=1S/C18H21N3O2S/c1-12(13-7-3-2-4-8-13)19-16(22)11-24-18-20-15-10-6-5-9-14(15)17(23)21-18/h2-4,7-8,12H,5-6,9-11H2,1H3,(H,19,22)(H,20,21,23). The molecule has 1 atom stereocenters. The van der Waals surface area contributed by atoms with E-state index in [0.717, 1.165) is 42.5 Å². The average molecular weight is 343 g/mol. The van der Waals surface area contributed by atoms with Crippen LogP contribution in [0.1, 0.15) is 42.6 Å². The Morgan fingerprint density at radius 3 is 2.83 bits per heavy atom. The highest BCUT2D eigenvalue weighted by molar-refractivity contribution is 7.99. The molecule has 3 rings (SSSR count). The van der Waals surface area contributed by atoms with Crippen molar-refractivity contribution < 1.29 is 4.79 Å². The van der Waals surface area contributed by atoms with E-state index in [1.165, 1.54) is 11.8 Å². The largest absolute Gasteiger partial charge is 0.349 e. The number of aromatic nitrogens is 2. The molecule has 0 spiro atoms. The monoisotopic (exact) mass is 343 g/mol. The van der Waals surface area contributed by atoms with Gasteiger partial charge in [0.25, 0.3) is 5.56 Å². The number of amides is 1. The molecule has 0 saturated carbocycles. The van der Waals surface area contributed by atoms with Crippen LogP contribution >= 0.6 is 11.8 Å². The van der Waals surface area contributed by atoms with Crippen LogP contribution in [0.4, 0.5) is 0 Å². The van der Waals surface area contributed by atoms with Gasteiger partial charge in [-0.3, -0.25) is 9.59 Å². The van der Waals surface area contributed by atoms with E-state index in [1.807, 2.05) is 37.3 Å². The highest BCUT2D eigenvalue weighted by Crippen LogP contribution is 2.19. The molecule has 6 heteroatoms. The topological polar surface area (TPSA) is 74.8 Å².